The molecule has 0 bridgehead atoms. The van der Waals surface area contributed by atoms with Crippen LogP contribution < -0.4 is 4.74 Å². The Morgan fingerprint density at radius 3 is 2.86 bits per heavy atom. The van der Waals surface area contributed by atoms with Crippen molar-refractivity contribution in [2.45, 2.75) is 20.5 Å². The smallest absolute Gasteiger partial charge is 0.387 e. The van der Waals surface area contributed by atoms with Gasteiger partial charge in [-0.3, -0.25) is 0 Å². The van der Waals surface area contributed by atoms with Gasteiger partial charge in [0.25, 0.3) is 0 Å². The summed E-state index contributed by atoms with van der Waals surface area (Å²) in [6.45, 7) is 0.735. The molecule has 1 heterocycles. The van der Waals surface area contributed by atoms with E-state index in [2.05, 4.69) is 15.0 Å². The SMILES string of the molecule is CCOC(=O)/C=C/c1cc(OC(F)F)c2c(nnn2C)c1C. The monoisotopic (exact) mass is 311 g/mol. The predicted octanol–water partition coefficient (Wildman–Crippen LogP) is 2.45. The van der Waals surface area contributed by atoms with Crippen LogP contribution in [0.25, 0.3) is 17.1 Å². The summed E-state index contributed by atoms with van der Waals surface area (Å²) in [5.74, 6) is -0.566. The zero-order chi connectivity index (χ0) is 16.3. The number of ether oxygens (including phenoxy) is 2. The third-order valence-corrected chi connectivity index (χ3v) is 3.04. The van der Waals surface area contributed by atoms with E-state index in [1.54, 1.807) is 20.9 Å². The van der Waals surface area contributed by atoms with Gasteiger partial charge >= 0.3 is 12.6 Å². The molecule has 0 saturated carbocycles. The summed E-state index contributed by atoms with van der Waals surface area (Å²) < 4.78 is 35.8. The maximum Gasteiger partial charge on any atom is 0.387 e. The van der Waals surface area contributed by atoms with Crippen molar-refractivity contribution in [3.05, 3.63) is 23.3 Å². The molecule has 2 rings (SSSR count). The fourth-order valence-electron chi connectivity index (χ4n) is 2.05. The summed E-state index contributed by atoms with van der Waals surface area (Å²) >= 11 is 0. The number of alkyl halides is 2. The van der Waals surface area contributed by atoms with Crippen LogP contribution >= 0.6 is 0 Å². The average molecular weight is 311 g/mol. The molecule has 0 aliphatic heterocycles. The Labute approximate surface area is 125 Å². The number of fused-ring (bicyclic) bond motifs is 1. The van der Waals surface area contributed by atoms with Crippen molar-refractivity contribution >= 4 is 23.1 Å². The van der Waals surface area contributed by atoms with Gasteiger partial charge in [0.15, 0.2) is 5.75 Å². The molecule has 0 aliphatic rings. The van der Waals surface area contributed by atoms with Crippen molar-refractivity contribution < 1.29 is 23.0 Å². The van der Waals surface area contributed by atoms with Gasteiger partial charge in [-0.1, -0.05) is 5.21 Å². The zero-order valence-corrected chi connectivity index (χ0v) is 12.3. The average Bonchev–Trinajstić information content (AvgIpc) is 2.83. The van der Waals surface area contributed by atoms with Crippen LogP contribution in [0.5, 0.6) is 5.75 Å². The van der Waals surface area contributed by atoms with Crippen molar-refractivity contribution in [3.63, 3.8) is 0 Å². The van der Waals surface area contributed by atoms with Gasteiger partial charge in [0.2, 0.25) is 0 Å². The van der Waals surface area contributed by atoms with E-state index in [9.17, 15) is 13.6 Å². The molecule has 6 nitrogen and oxygen atoms in total. The van der Waals surface area contributed by atoms with Gasteiger partial charge in [0, 0.05) is 13.1 Å². The van der Waals surface area contributed by atoms with E-state index < -0.39 is 12.6 Å². The number of aryl methyl sites for hydroxylation is 2. The van der Waals surface area contributed by atoms with Crippen molar-refractivity contribution in [1.82, 2.24) is 15.0 Å². The summed E-state index contributed by atoms with van der Waals surface area (Å²) in [5.41, 5.74) is 2.03. The molecule has 0 unspecified atom stereocenters. The van der Waals surface area contributed by atoms with Crippen molar-refractivity contribution in [3.8, 4) is 5.75 Å². The van der Waals surface area contributed by atoms with Gasteiger partial charge < -0.3 is 9.47 Å². The summed E-state index contributed by atoms with van der Waals surface area (Å²) in [6.07, 6.45) is 2.69. The lowest BCUT2D eigenvalue weighted by molar-refractivity contribution is -0.137. The van der Waals surface area contributed by atoms with E-state index in [0.717, 1.165) is 0 Å². The number of carbonyl (C=O) groups excluding carboxylic acids is 1. The number of halogens is 2. The van der Waals surface area contributed by atoms with Crippen LogP contribution in [0.1, 0.15) is 18.1 Å². The summed E-state index contributed by atoms with van der Waals surface area (Å²) in [7, 11) is 1.58. The highest BCUT2D eigenvalue weighted by molar-refractivity contribution is 5.91. The molecule has 0 saturated heterocycles. The topological polar surface area (TPSA) is 66.2 Å². The fraction of sp³-hybridized carbons (Fsp3) is 0.357. The van der Waals surface area contributed by atoms with Gasteiger partial charge in [0.1, 0.15) is 11.0 Å². The first-order chi connectivity index (χ1) is 10.4. The molecule has 1 aromatic heterocycles. The summed E-state index contributed by atoms with van der Waals surface area (Å²) in [5, 5.41) is 7.76. The van der Waals surface area contributed by atoms with Crippen LogP contribution in [0.2, 0.25) is 0 Å². The minimum Gasteiger partial charge on any atom is -0.463 e. The minimum atomic E-state index is -2.97. The highest BCUT2D eigenvalue weighted by Gasteiger charge is 2.17. The van der Waals surface area contributed by atoms with Crippen LogP contribution in [-0.2, 0) is 16.6 Å². The zero-order valence-electron chi connectivity index (χ0n) is 12.3. The van der Waals surface area contributed by atoms with E-state index in [1.165, 1.54) is 22.9 Å². The second-order valence-corrected chi connectivity index (χ2v) is 4.46. The van der Waals surface area contributed by atoms with Crippen LogP contribution in [-0.4, -0.2) is 34.2 Å². The lowest BCUT2D eigenvalue weighted by Gasteiger charge is -2.10. The number of carbonyl (C=O) groups is 1. The Morgan fingerprint density at radius 2 is 2.23 bits per heavy atom. The van der Waals surface area contributed by atoms with Gasteiger partial charge in [-0.25, -0.2) is 9.48 Å². The third kappa shape index (κ3) is 3.21. The second-order valence-electron chi connectivity index (χ2n) is 4.46. The molecule has 0 aliphatic carbocycles. The summed E-state index contributed by atoms with van der Waals surface area (Å²) in [4.78, 5) is 11.4. The van der Waals surface area contributed by atoms with E-state index in [0.29, 0.717) is 22.2 Å². The van der Waals surface area contributed by atoms with Crippen LogP contribution in [0.4, 0.5) is 8.78 Å². The van der Waals surface area contributed by atoms with E-state index in [1.807, 2.05) is 0 Å². The molecule has 0 radical (unpaired) electrons. The molecule has 22 heavy (non-hydrogen) atoms. The number of benzene rings is 1. The molecule has 0 spiro atoms. The molecule has 0 N–H and O–H groups in total. The molecule has 8 heteroatoms. The number of hydrogen-bond acceptors (Lipinski definition) is 5. The Bertz CT molecular complexity index is 726. The van der Waals surface area contributed by atoms with Gasteiger partial charge in [-0.15, -0.1) is 5.10 Å². The quantitative estimate of drug-likeness (QED) is 0.627. The number of esters is 1. The lowest BCUT2D eigenvalue weighted by atomic mass is 10.1. The van der Waals surface area contributed by atoms with Gasteiger partial charge in [0.05, 0.1) is 6.61 Å². The molecular weight excluding hydrogens is 296 g/mol. The second kappa shape index (κ2) is 6.50. The largest absolute Gasteiger partial charge is 0.463 e. The molecule has 118 valence electrons. The predicted molar refractivity (Wildman–Crippen MR) is 75.5 cm³/mol. The number of hydrogen-bond donors (Lipinski definition) is 0. The molecular formula is C14H15F2N3O3. The first-order valence-corrected chi connectivity index (χ1v) is 6.56. The minimum absolute atomic E-state index is 0.0494. The first-order valence-electron chi connectivity index (χ1n) is 6.56. The van der Waals surface area contributed by atoms with E-state index in [-0.39, 0.29) is 12.4 Å². The molecule has 0 amide bonds. The van der Waals surface area contributed by atoms with Gasteiger partial charge in [-0.2, -0.15) is 8.78 Å². The highest BCUT2D eigenvalue weighted by atomic mass is 19.3. The van der Waals surface area contributed by atoms with Crippen molar-refractivity contribution in [2.75, 3.05) is 6.61 Å². The lowest BCUT2D eigenvalue weighted by Crippen LogP contribution is -2.05. The highest BCUT2D eigenvalue weighted by Crippen LogP contribution is 2.31. The number of aromatic nitrogens is 3. The van der Waals surface area contributed by atoms with Crippen LogP contribution in [0, 0.1) is 6.92 Å². The number of rotatable bonds is 5. The van der Waals surface area contributed by atoms with Crippen molar-refractivity contribution in [1.29, 1.82) is 0 Å². The molecule has 0 fully saturated rings. The molecule has 0 atom stereocenters. The number of nitrogens with zero attached hydrogens (tertiary/aromatic N) is 3. The standard InChI is InChI=1S/C14H15F2N3O3/c1-4-21-11(20)6-5-9-7-10(22-14(15)16)13-12(8(9)2)17-18-19(13)3/h5-7,14H,4H2,1-3H3/b6-5+. The van der Waals surface area contributed by atoms with Crippen LogP contribution in [0.15, 0.2) is 12.1 Å². The Balaban J connectivity index is 2.51. The molecule has 2 aromatic rings. The first kappa shape index (κ1) is 15.9. The van der Waals surface area contributed by atoms with E-state index >= 15 is 0 Å². The Hall–Kier alpha value is -2.51. The summed E-state index contributed by atoms with van der Waals surface area (Å²) in [6, 6.07) is 1.42. The normalized spacial score (nSPS) is 11.5. The maximum absolute atomic E-state index is 12.6. The molecule has 1 aromatic carbocycles. The fourth-order valence-corrected chi connectivity index (χ4v) is 2.05. The van der Waals surface area contributed by atoms with Crippen molar-refractivity contribution in [2.24, 2.45) is 7.05 Å². The van der Waals surface area contributed by atoms with Gasteiger partial charge in [-0.05, 0) is 37.1 Å². The Kier molecular flexibility index (Phi) is 4.69. The van der Waals surface area contributed by atoms with Crippen LogP contribution in [0.3, 0.4) is 0 Å². The third-order valence-electron chi connectivity index (χ3n) is 3.04. The maximum atomic E-state index is 12.6. The van der Waals surface area contributed by atoms with E-state index in [4.69, 9.17) is 4.74 Å². The Morgan fingerprint density at radius 1 is 1.50 bits per heavy atom.